The summed E-state index contributed by atoms with van der Waals surface area (Å²) in [6, 6.07) is 0. The number of unbranched alkanes of at least 4 members (excludes halogenated alkanes) is 19. The zero-order valence-corrected chi connectivity index (χ0v) is 27.1. The number of allylic oxidation sites excluding steroid dienone is 6. The lowest BCUT2D eigenvalue weighted by atomic mass is 10.1. The first kappa shape index (κ1) is 43.6. The predicted molar refractivity (Wildman–Crippen MR) is 178 cm³/mol. The Labute approximate surface area is 254 Å². The molecule has 0 saturated carbocycles. The molecule has 0 fully saturated rings. The van der Waals surface area contributed by atoms with Crippen LogP contribution in [0.1, 0.15) is 181 Å². The Hall–Kier alpha value is -1.88. The Morgan fingerprint density at radius 1 is 0.415 bits per heavy atom. The lowest BCUT2D eigenvalue weighted by molar-refractivity contribution is -0.138. The lowest BCUT2D eigenvalue weighted by Gasteiger charge is -1.99. The normalized spacial score (nSPS) is 11.2. The van der Waals surface area contributed by atoms with Crippen LogP contribution in [-0.4, -0.2) is 27.6 Å². The summed E-state index contributed by atoms with van der Waals surface area (Å²) in [6.45, 7) is 4.49. The third-order valence-electron chi connectivity index (χ3n) is 6.99. The summed E-state index contributed by atoms with van der Waals surface area (Å²) >= 11 is 0. The average molecular weight is 581 g/mol. The topological polar surface area (TPSA) is 106 Å². The zero-order valence-electron chi connectivity index (χ0n) is 27.1. The summed E-state index contributed by atoms with van der Waals surface area (Å²) in [5, 5.41) is 17.0. The molecule has 41 heavy (non-hydrogen) atoms. The highest BCUT2D eigenvalue weighted by Gasteiger charge is 1.97. The predicted octanol–water partition coefficient (Wildman–Crippen LogP) is 11.2. The third-order valence-corrected chi connectivity index (χ3v) is 6.99. The molecule has 0 heterocycles. The van der Waals surface area contributed by atoms with Gasteiger partial charge in [0.1, 0.15) is 0 Å². The van der Waals surface area contributed by atoms with Gasteiger partial charge in [0.05, 0.1) is 0 Å². The maximum absolute atomic E-state index is 10.3. The Kier molecular flexibility index (Phi) is 42.8. The highest BCUT2D eigenvalue weighted by Crippen LogP contribution is 2.10. The monoisotopic (exact) mass is 581 g/mol. The van der Waals surface area contributed by atoms with Gasteiger partial charge in [0.15, 0.2) is 0 Å². The fraction of sp³-hybridized carbons (Fsp3) is 0.778. The first-order valence-corrected chi connectivity index (χ1v) is 16.9. The quantitative estimate of drug-likeness (QED) is 0.0677. The largest absolute Gasteiger partial charge is 0.481 e. The molecule has 242 valence electrons. The number of aliphatic carboxylic acids is 2. The number of carboxylic acids is 2. The van der Waals surface area contributed by atoms with Crippen LogP contribution < -0.4 is 0 Å². The first-order valence-electron chi connectivity index (χ1n) is 16.9. The molecule has 0 bridgehead atoms. The highest BCUT2D eigenvalue weighted by atomic mass is 16.4. The van der Waals surface area contributed by atoms with Gasteiger partial charge >= 0.3 is 11.9 Å². The Morgan fingerprint density at radius 3 is 1.05 bits per heavy atom. The molecule has 0 aliphatic carbocycles. The van der Waals surface area contributed by atoms with E-state index >= 15 is 0 Å². The van der Waals surface area contributed by atoms with Gasteiger partial charge < -0.3 is 15.7 Å². The van der Waals surface area contributed by atoms with Crippen LogP contribution in [0.15, 0.2) is 36.5 Å². The minimum Gasteiger partial charge on any atom is -0.481 e. The molecule has 0 radical (unpaired) electrons. The van der Waals surface area contributed by atoms with E-state index in [0.717, 1.165) is 38.5 Å². The molecule has 5 heteroatoms. The van der Waals surface area contributed by atoms with Gasteiger partial charge in [-0.15, -0.1) is 0 Å². The maximum Gasteiger partial charge on any atom is 0.303 e. The van der Waals surface area contributed by atoms with E-state index in [1.165, 1.54) is 116 Å². The fourth-order valence-electron chi connectivity index (χ4n) is 4.43. The van der Waals surface area contributed by atoms with Crippen LogP contribution in [0.3, 0.4) is 0 Å². The third kappa shape index (κ3) is 48.2. The summed E-state index contributed by atoms with van der Waals surface area (Å²) in [7, 11) is 0. The summed E-state index contributed by atoms with van der Waals surface area (Å²) in [4.78, 5) is 20.6. The van der Waals surface area contributed by atoms with Crippen LogP contribution in [0.4, 0.5) is 0 Å². The molecule has 0 saturated heterocycles. The second-order valence-electron chi connectivity index (χ2n) is 11.1. The van der Waals surface area contributed by atoms with Gasteiger partial charge in [-0.25, -0.2) is 0 Å². The molecule has 0 atom stereocenters. The van der Waals surface area contributed by atoms with Crippen molar-refractivity contribution < 1.29 is 25.3 Å². The molecule has 0 aromatic rings. The van der Waals surface area contributed by atoms with Crippen molar-refractivity contribution in [2.75, 3.05) is 0 Å². The molecule has 5 nitrogen and oxygen atoms in total. The number of hydrogen-bond donors (Lipinski definition) is 2. The van der Waals surface area contributed by atoms with Crippen molar-refractivity contribution >= 4 is 11.9 Å². The van der Waals surface area contributed by atoms with Gasteiger partial charge in [0.25, 0.3) is 0 Å². The van der Waals surface area contributed by atoms with Crippen LogP contribution >= 0.6 is 0 Å². The van der Waals surface area contributed by atoms with Crippen molar-refractivity contribution in [2.24, 2.45) is 0 Å². The molecule has 0 amide bonds. The zero-order chi connectivity index (χ0) is 29.8. The molecule has 0 aliphatic rings. The minimum absolute atomic E-state index is 0. The second-order valence-corrected chi connectivity index (χ2v) is 11.1. The SMILES string of the molecule is CCCCC/C=C\C/C=C\CCCCCCCC(=O)O.CCCCCCCC/C=C\CCCCCCCC(=O)O.O. The van der Waals surface area contributed by atoms with Gasteiger partial charge in [-0.05, 0) is 70.6 Å². The second kappa shape index (κ2) is 40.3. The maximum atomic E-state index is 10.3. The molecule has 4 N–H and O–H groups in total. The lowest BCUT2D eigenvalue weighted by Crippen LogP contribution is -1.93. The summed E-state index contributed by atoms with van der Waals surface area (Å²) in [5.74, 6) is -1.33. The number of carboxylic acid groups (broad SMARTS) is 2. The molecule has 0 spiro atoms. The number of rotatable bonds is 29. The van der Waals surface area contributed by atoms with Crippen molar-refractivity contribution in [1.29, 1.82) is 0 Å². The molecular formula is C36H68O5. The van der Waals surface area contributed by atoms with E-state index in [0.29, 0.717) is 12.8 Å². The van der Waals surface area contributed by atoms with E-state index in [1.54, 1.807) is 0 Å². The smallest absolute Gasteiger partial charge is 0.303 e. The Morgan fingerprint density at radius 2 is 0.683 bits per heavy atom. The van der Waals surface area contributed by atoms with Crippen LogP contribution in [0.2, 0.25) is 0 Å². The first-order chi connectivity index (χ1) is 19.5. The highest BCUT2D eigenvalue weighted by molar-refractivity contribution is 5.66. The van der Waals surface area contributed by atoms with E-state index in [1.807, 2.05) is 0 Å². The molecule has 0 aromatic carbocycles. The van der Waals surface area contributed by atoms with Crippen molar-refractivity contribution in [1.82, 2.24) is 0 Å². The van der Waals surface area contributed by atoms with Crippen molar-refractivity contribution in [3.63, 3.8) is 0 Å². The number of hydrogen-bond acceptors (Lipinski definition) is 2. The molecule has 0 rings (SSSR count). The Balaban J connectivity index is -0.000000688. The van der Waals surface area contributed by atoms with E-state index in [2.05, 4.69) is 50.3 Å². The van der Waals surface area contributed by atoms with Crippen LogP contribution in [0.25, 0.3) is 0 Å². The van der Waals surface area contributed by atoms with Crippen LogP contribution in [-0.2, 0) is 9.59 Å². The summed E-state index contributed by atoms with van der Waals surface area (Å²) < 4.78 is 0. The van der Waals surface area contributed by atoms with Crippen molar-refractivity contribution in [3.8, 4) is 0 Å². The van der Waals surface area contributed by atoms with Gasteiger partial charge in [-0.1, -0.05) is 134 Å². The Bertz CT molecular complexity index is 609. The number of carbonyl (C=O) groups is 2. The average Bonchev–Trinajstić information content (AvgIpc) is 2.93. The van der Waals surface area contributed by atoms with E-state index < -0.39 is 11.9 Å². The molecule has 0 aromatic heterocycles. The van der Waals surface area contributed by atoms with E-state index in [-0.39, 0.29) is 5.48 Å². The van der Waals surface area contributed by atoms with Crippen molar-refractivity contribution in [3.05, 3.63) is 36.5 Å². The van der Waals surface area contributed by atoms with Crippen LogP contribution in [0, 0.1) is 0 Å². The van der Waals surface area contributed by atoms with Gasteiger partial charge in [0, 0.05) is 12.8 Å². The summed E-state index contributed by atoms with van der Waals surface area (Å²) in [6.07, 6.45) is 43.5. The minimum atomic E-state index is -0.671. The van der Waals surface area contributed by atoms with Crippen molar-refractivity contribution in [2.45, 2.75) is 181 Å². The fourth-order valence-corrected chi connectivity index (χ4v) is 4.43. The standard InChI is InChI=1S/C18H34O2.C18H32O2.H2O/c2*1-2-3-4-5-6-7-8-9-10-11-12-13-14-15-16-17-18(19)20;/h9-10H,2-8,11-17H2,1H3,(H,19,20);6-7,9-10H,2-5,8,11-17H2,1H3,(H,19,20);1H2/b10-9-;7-6-,10-9-;. The van der Waals surface area contributed by atoms with Gasteiger partial charge in [-0.3, -0.25) is 9.59 Å². The molecule has 0 unspecified atom stereocenters. The molecule has 0 aliphatic heterocycles. The van der Waals surface area contributed by atoms with E-state index in [4.69, 9.17) is 10.2 Å². The summed E-state index contributed by atoms with van der Waals surface area (Å²) in [5.41, 5.74) is 0. The van der Waals surface area contributed by atoms with E-state index in [9.17, 15) is 9.59 Å². The van der Waals surface area contributed by atoms with Gasteiger partial charge in [0.2, 0.25) is 0 Å². The molecular weight excluding hydrogens is 512 g/mol. The van der Waals surface area contributed by atoms with Gasteiger partial charge in [-0.2, -0.15) is 0 Å². The van der Waals surface area contributed by atoms with Crippen LogP contribution in [0.5, 0.6) is 0 Å².